The van der Waals surface area contributed by atoms with Crippen molar-refractivity contribution in [3.8, 4) is 0 Å². The van der Waals surface area contributed by atoms with E-state index in [9.17, 15) is 22.8 Å². The number of hydrogen-bond acceptors (Lipinski definition) is 2. The molecule has 2 saturated heterocycles. The summed E-state index contributed by atoms with van der Waals surface area (Å²) in [6, 6.07) is -1.69. The van der Waals surface area contributed by atoms with E-state index in [1.807, 2.05) is 0 Å². The quantitative estimate of drug-likeness (QED) is 0.766. The van der Waals surface area contributed by atoms with E-state index in [4.69, 9.17) is 0 Å². The van der Waals surface area contributed by atoms with Crippen molar-refractivity contribution in [3.05, 3.63) is 0 Å². The number of hydrogen-bond donors (Lipinski definition) is 0. The summed E-state index contributed by atoms with van der Waals surface area (Å²) in [6.07, 6.45) is -3.35. The second-order valence-electron chi connectivity index (χ2n) is 5.46. The molecule has 0 bridgehead atoms. The molecule has 2 unspecified atom stereocenters. The van der Waals surface area contributed by atoms with Gasteiger partial charge >= 0.3 is 6.18 Å². The number of halogens is 3. The molecule has 2 fully saturated rings. The van der Waals surface area contributed by atoms with Crippen LogP contribution in [0.2, 0.25) is 0 Å². The first-order valence-electron chi connectivity index (χ1n) is 6.40. The zero-order valence-corrected chi connectivity index (χ0v) is 10.9. The van der Waals surface area contributed by atoms with Crippen molar-refractivity contribution < 1.29 is 22.8 Å². The van der Waals surface area contributed by atoms with E-state index in [1.165, 1.54) is 4.90 Å². The maximum atomic E-state index is 12.6. The Balaban J connectivity index is 2.31. The Bertz CT molecular complexity index is 395. The van der Waals surface area contributed by atoms with Crippen molar-refractivity contribution >= 4 is 11.8 Å². The van der Waals surface area contributed by atoms with E-state index in [2.05, 4.69) is 0 Å². The summed E-state index contributed by atoms with van der Waals surface area (Å²) in [5, 5.41) is 0. The Labute approximate surface area is 109 Å². The highest BCUT2D eigenvalue weighted by Crippen LogP contribution is 2.31. The van der Waals surface area contributed by atoms with Crippen molar-refractivity contribution in [1.29, 1.82) is 0 Å². The van der Waals surface area contributed by atoms with Gasteiger partial charge in [0.25, 0.3) is 0 Å². The van der Waals surface area contributed by atoms with Crippen LogP contribution >= 0.6 is 0 Å². The number of rotatable bonds is 2. The summed E-state index contributed by atoms with van der Waals surface area (Å²) in [4.78, 5) is 26.6. The number of carbonyl (C=O) groups excluding carboxylic acids is 2. The van der Waals surface area contributed by atoms with Crippen molar-refractivity contribution in [3.63, 3.8) is 0 Å². The number of fused-ring (bicyclic) bond motifs is 1. The summed E-state index contributed by atoms with van der Waals surface area (Å²) in [7, 11) is 0. The van der Waals surface area contributed by atoms with Gasteiger partial charge in [0.2, 0.25) is 11.8 Å². The Hall–Kier alpha value is -1.27. The Morgan fingerprint density at radius 2 is 1.89 bits per heavy atom. The smallest absolute Gasteiger partial charge is 0.329 e. The minimum atomic E-state index is -4.48. The van der Waals surface area contributed by atoms with Crippen molar-refractivity contribution in [2.75, 3.05) is 13.1 Å². The molecule has 0 saturated carbocycles. The summed E-state index contributed by atoms with van der Waals surface area (Å²) < 4.78 is 37.8. The van der Waals surface area contributed by atoms with Crippen molar-refractivity contribution in [1.82, 2.24) is 9.80 Å². The predicted molar refractivity (Wildman–Crippen MR) is 61.1 cm³/mol. The van der Waals surface area contributed by atoms with E-state index in [0.29, 0.717) is 19.4 Å². The maximum Gasteiger partial charge on any atom is 0.406 e. The van der Waals surface area contributed by atoms with Crippen LogP contribution in [0, 0.1) is 5.92 Å². The van der Waals surface area contributed by atoms with Crippen LogP contribution in [0.4, 0.5) is 13.2 Å². The molecule has 0 aromatic rings. The van der Waals surface area contributed by atoms with E-state index >= 15 is 0 Å². The maximum absolute atomic E-state index is 12.6. The number of amides is 2. The molecule has 19 heavy (non-hydrogen) atoms. The van der Waals surface area contributed by atoms with E-state index in [0.717, 1.165) is 4.90 Å². The molecule has 0 N–H and O–H groups in total. The third-order valence-electron chi connectivity index (χ3n) is 3.67. The standard InChI is InChI=1S/C12H17F3N2O2/c1-7(2)9-11(19)16-5-3-4-8(16)10(18)17(9)6-12(13,14)15/h7-9H,3-6H2,1-2H3. The SMILES string of the molecule is CC(C)C1C(=O)N2CCCC2C(=O)N1CC(F)(F)F. The normalized spacial score (nSPS) is 28.3. The third-order valence-corrected chi connectivity index (χ3v) is 3.67. The van der Waals surface area contributed by atoms with Crippen LogP contribution in [0.15, 0.2) is 0 Å². The number of carbonyl (C=O) groups is 2. The molecule has 0 radical (unpaired) electrons. The van der Waals surface area contributed by atoms with Gasteiger partial charge in [-0.3, -0.25) is 9.59 Å². The van der Waals surface area contributed by atoms with E-state index in [-0.39, 0.29) is 11.8 Å². The largest absolute Gasteiger partial charge is 0.406 e. The molecular formula is C12H17F3N2O2. The molecule has 2 aliphatic heterocycles. The Morgan fingerprint density at radius 1 is 1.26 bits per heavy atom. The first-order chi connectivity index (χ1) is 8.72. The number of piperazine rings is 1. The van der Waals surface area contributed by atoms with Gasteiger partial charge in [-0.05, 0) is 18.8 Å². The molecular weight excluding hydrogens is 261 g/mol. The van der Waals surface area contributed by atoms with Gasteiger partial charge < -0.3 is 9.80 Å². The van der Waals surface area contributed by atoms with Gasteiger partial charge in [-0.1, -0.05) is 13.8 Å². The fourth-order valence-electron chi connectivity index (χ4n) is 2.93. The highest BCUT2D eigenvalue weighted by Gasteiger charge is 2.51. The fraction of sp³-hybridized carbons (Fsp3) is 0.833. The van der Waals surface area contributed by atoms with Gasteiger partial charge in [-0.25, -0.2) is 0 Å². The fourth-order valence-corrected chi connectivity index (χ4v) is 2.93. The Morgan fingerprint density at radius 3 is 2.42 bits per heavy atom. The average molecular weight is 278 g/mol. The van der Waals surface area contributed by atoms with Crippen LogP contribution in [0.1, 0.15) is 26.7 Å². The van der Waals surface area contributed by atoms with Gasteiger partial charge in [0.1, 0.15) is 18.6 Å². The van der Waals surface area contributed by atoms with Crippen LogP contribution < -0.4 is 0 Å². The second-order valence-corrected chi connectivity index (χ2v) is 5.46. The molecule has 2 heterocycles. The molecule has 0 aliphatic carbocycles. The highest BCUT2D eigenvalue weighted by atomic mass is 19.4. The molecule has 108 valence electrons. The van der Waals surface area contributed by atoms with Crippen LogP contribution in [0.5, 0.6) is 0 Å². The van der Waals surface area contributed by atoms with Gasteiger partial charge in [0.05, 0.1) is 0 Å². The molecule has 4 nitrogen and oxygen atoms in total. The molecule has 2 rings (SSSR count). The Kier molecular flexibility index (Phi) is 3.49. The first-order valence-corrected chi connectivity index (χ1v) is 6.40. The molecule has 2 aliphatic rings. The van der Waals surface area contributed by atoms with Crippen LogP contribution in [0.3, 0.4) is 0 Å². The number of alkyl halides is 3. The first kappa shape index (κ1) is 14.1. The molecule has 7 heteroatoms. The van der Waals surface area contributed by atoms with Crippen LogP contribution in [-0.2, 0) is 9.59 Å². The van der Waals surface area contributed by atoms with Gasteiger partial charge in [0.15, 0.2) is 0 Å². The molecule has 0 spiro atoms. The summed E-state index contributed by atoms with van der Waals surface area (Å²) in [6.45, 7) is 2.45. The van der Waals surface area contributed by atoms with E-state index < -0.39 is 30.7 Å². The number of nitrogens with zero attached hydrogens (tertiary/aromatic N) is 2. The summed E-state index contributed by atoms with van der Waals surface area (Å²) in [5.41, 5.74) is 0. The average Bonchev–Trinajstić information content (AvgIpc) is 2.72. The van der Waals surface area contributed by atoms with Gasteiger partial charge in [-0.2, -0.15) is 13.2 Å². The molecule has 2 atom stereocenters. The molecule has 2 amide bonds. The van der Waals surface area contributed by atoms with Crippen molar-refractivity contribution in [2.45, 2.75) is 44.9 Å². The summed E-state index contributed by atoms with van der Waals surface area (Å²) >= 11 is 0. The van der Waals surface area contributed by atoms with Gasteiger partial charge in [-0.15, -0.1) is 0 Å². The monoisotopic (exact) mass is 278 g/mol. The van der Waals surface area contributed by atoms with E-state index in [1.54, 1.807) is 13.8 Å². The minimum absolute atomic E-state index is 0.333. The second kappa shape index (κ2) is 4.68. The molecule has 0 aromatic heterocycles. The zero-order valence-electron chi connectivity index (χ0n) is 10.9. The van der Waals surface area contributed by atoms with Crippen molar-refractivity contribution in [2.24, 2.45) is 5.92 Å². The minimum Gasteiger partial charge on any atom is -0.329 e. The summed E-state index contributed by atoms with van der Waals surface area (Å²) in [5.74, 6) is -1.24. The van der Waals surface area contributed by atoms with Gasteiger partial charge in [0, 0.05) is 6.54 Å². The lowest BCUT2D eigenvalue weighted by atomic mass is 9.96. The van der Waals surface area contributed by atoms with Crippen LogP contribution in [0.25, 0.3) is 0 Å². The lowest BCUT2D eigenvalue weighted by Crippen LogP contribution is -2.65. The topological polar surface area (TPSA) is 40.6 Å². The third kappa shape index (κ3) is 2.55. The molecule has 0 aromatic carbocycles. The highest BCUT2D eigenvalue weighted by molar-refractivity contribution is 5.97. The lowest BCUT2D eigenvalue weighted by molar-refractivity contribution is -0.182. The lowest BCUT2D eigenvalue weighted by Gasteiger charge is -2.44. The zero-order chi connectivity index (χ0) is 14.4. The predicted octanol–water partition coefficient (Wildman–Crippen LogP) is 1.41. The van der Waals surface area contributed by atoms with Crippen LogP contribution in [-0.4, -0.2) is 53.0 Å².